The molecule has 76 valence electrons. The van der Waals surface area contributed by atoms with E-state index in [0.29, 0.717) is 0 Å². The summed E-state index contributed by atoms with van der Waals surface area (Å²) in [7, 11) is 0. The Morgan fingerprint density at radius 3 is 1.23 bits per heavy atom. The Morgan fingerprint density at radius 2 is 1.08 bits per heavy atom. The van der Waals surface area contributed by atoms with Crippen LogP contribution in [0.5, 0.6) is 0 Å². The molecule has 0 rings (SSSR count). The van der Waals surface area contributed by atoms with Crippen LogP contribution >= 0.6 is 0 Å². The lowest BCUT2D eigenvalue weighted by atomic mass is 10.4. The fourth-order valence-electron chi connectivity index (χ4n) is 0.742. The van der Waals surface area contributed by atoms with Gasteiger partial charge in [0.2, 0.25) is 0 Å². The van der Waals surface area contributed by atoms with Crippen molar-refractivity contribution in [2.45, 2.75) is 0 Å². The molecule has 0 radical (unpaired) electrons. The molecule has 0 aliphatic carbocycles. The second kappa shape index (κ2) is 5.09. The average Bonchev–Trinajstić information content (AvgIpc) is 1.80. The molecule has 0 unspecified atom stereocenters. The smallest absolute Gasteiger partial charge is 0.317 e. The molecule has 0 aliphatic heterocycles. The summed E-state index contributed by atoms with van der Waals surface area (Å²) in [5.74, 6) is -3.78. The average molecular weight is 193 g/mol. The standard InChI is InChI=1S/C6H9NO6.H2/c8-4(9)1-7(2-5(10)11)3-6(12)13;/h1-3H2,(H,8,9)(H,10,11)(H,12,13);1H. The van der Waals surface area contributed by atoms with E-state index >= 15 is 0 Å². The third kappa shape index (κ3) is 6.76. The molecule has 13 heavy (non-hydrogen) atoms. The molecule has 0 bridgehead atoms. The van der Waals surface area contributed by atoms with Crippen molar-refractivity contribution in [1.29, 1.82) is 0 Å². The zero-order chi connectivity index (χ0) is 10.4. The monoisotopic (exact) mass is 193 g/mol. The molecule has 0 atom stereocenters. The number of nitrogens with zero attached hydrogens (tertiary/aromatic N) is 1. The Hall–Kier alpha value is -1.63. The quantitative estimate of drug-likeness (QED) is 0.484. The molecule has 0 aromatic carbocycles. The number of carboxylic acids is 3. The van der Waals surface area contributed by atoms with Crippen LogP contribution in [0.15, 0.2) is 0 Å². The van der Waals surface area contributed by atoms with E-state index in [0.717, 1.165) is 4.90 Å². The van der Waals surface area contributed by atoms with Gasteiger partial charge in [-0.3, -0.25) is 19.3 Å². The molecule has 3 N–H and O–H groups in total. The summed E-state index contributed by atoms with van der Waals surface area (Å²) in [5.41, 5.74) is 0. The maximum absolute atomic E-state index is 10.1. The summed E-state index contributed by atoms with van der Waals surface area (Å²) in [4.78, 5) is 31.2. The Kier molecular flexibility index (Phi) is 4.45. The van der Waals surface area contributed by atoms with Crippen molar-refractivity contribution in [2.24, 2.45) is 0 Å². The summed E-state index contributed by atoms with van der Waals surface area (Å²) in [6.45, 7) is -1.80. The van der Waals surface area contributed by atoms with Gasteiger partial charge in [-0.15, -0.1) is 0 Å². The SMILES string of the molecule is O=C(O)CN(CC(=O)O)CC(=O)O.[HH]. The van der Waals surface area contributed by atoms with E-state index in [9.17, 15) is 14.4 Å². The fourth-order valence-corrected chi connectivity index (χ4v) is 0.742. The van der Waals surface area contributed by atoms with E-state index in [4.69, 9.17) is 15.3 Å². The van der Waals surface area contributed by atoms with Crippen LogP contribution in [-0.4, -0.2) is 57.8 Å². The Morgan fingerprint density at radius 1 is 0.846 bits per heavy atom. The van der Waals surface area contributed by atoms with Gasteiger partial charge in [0.1, 0.15) is 0 Å². The zero-order valence-electron chi connectivity index (χ0n) is 6.63. The molecule has 0 aliphatic rings. The van der Waals surface area contributed by atoms with Gasteiger partial charge >= 0.3 is 17.9 Å². The van der Waals surface area contributed by atoms with Crippen LogP contribution in [0, 0.1) is 0 Å². The van der Waals surface area contributed by atoms with Crippen molar-refractivity contribution in [2.75, 3.05) is 19.6 Å². The largest absolute Gasteiger partial charge is 0.480 e. The van der Waals surface area contributed by atoms with Gasteiger partial charge < -0.3 is 15.3 Å². The highest BCUT2D eigenvalue weighted by Gasteiger charge is 2.15. The first-order valence-electron chi connectivity index (χ1n) is 3.29. The minimum absolute atomic E-state index is 0. The third-order valence-corrected chi connectivity index (χ3v) is 1.08. The molecule has 0 aromatic rings. The number of hydrogen-bond acceptors (Lipinski definition) is 4. The minimum atomic E-state index is -1.26. The van der Waals surface area contributed by atoms with Crippen LogP contribution in [-0.2, 0) is 14.4 Å². The molecule has 0 fully saturated rings. The number of rotatable bonds is 6. The minimum Gasteiger partial charge on any atom is -0.480 e. The van der Waals surface area contributed by atoms with Crippen molar-refractivity contribution in [1.82, 2.24) is 4.90 Å². The number of hydrogen-bond donors (Lipinski definition) is 3. The number of carboxylic acid groups (broad SMARTS) is 3. The van der Waals surface area contributed by atoms with Gasteiger partial charge in [-0.05, 0) is 0 Å². The van der Waals surface area contributed by atoms with E-state index in [1.807, 2.05) is 0 Å². The first-order chi connectivity index (χ1) is 5.91. The van der Waals surface area contributed by atoms with E-state index in [-0.39, 0.29) is 1.43 Å². The summed E-state index contributed by atoms with van der Waals surface area (Å²) in [5, 5.41) is 24.8. The Balaban J connectivity index is 0. The summed E-state index contributed by atoms with van der Waals surface area (Å²) in [6.07, 6.45) is 0. The molecule has 0 heterocycles. The van der Waals surface area contributed by atoms with Gasteiger partial charge in [0.05, 0.1) is 19.6 Å². The number of carbonyl (C=O) groups is 3. The van der Waals surface area contributed by atoms with E-state index in [1.165, 1.54) is 0 Å². The third-order valence-electron chi connectivity index (χ3n) is 1.08. The predicted octanol–water partition coefficient (Wildman–Crippen LogP) is -1.21. The van der Waals surface area contributed by atoms with E-state index < -0.39 is 37.5 Å². The summed E-state index contributed by atoms with van der Waals surface area (Å²) in [6, 6.07) is 0. The van der Waals surface area contributed by atoms with Gasteiger partial charge in [0.15, 0.2) is 0 Å². The Bertz CT molecular complexity index is 192. The van der Waals surface area contributed by atoms with Crippen molar-refractivity contribution in [3.63, 3.8) is 0 Å². The lowest BCUT2D eigenvalue weighted by Crippen LogP contribution is -2.38. The molecule has 0 spiro atoms. The van der Waals surface area contributed by atoms with Crippen LogP contribution in [0.2, 0.25) is 0 Å². The molecule has 0 saturated carbocycles. The first kappa shape index (κ1) is 11.4. The van der Waals surface area contributed by atoms with Crippen LogP contribution in [0.4, 0.5) is 0 Å². The summed E-state index contributed by atoms with van der Waals surface area (Å²) >= 11 is 0. The van der Waals surface area contributed by atoms with Crippen LogP contribution < -0.4 is 0 Å². The fraction of sp³-hybridized carbons (Fsp3) is 0.500. The lowest BCUT2D eigenvalue weighted by Gasteiger charge is -2.14. The van der Waals surface area contributed by atoms with Gasteiger partial charge in [-0.2, -0.15) is 0 Å². The molecular weight excluding hydrogens is 182 g/mol. The second-order valence-corrected chi connectivity index (χ2v) is 2.33. The highest BCUT2D eigenvalue weighted by Crippen LogP contribution is 1.87. The van der Waals surface area contributed by atoms with Crippen LogP contribution in [0.25, 0.3) is 0 Å². The van der Waals surface area contributed by atoms with Crippen molar-refractivity contribution in [3.8, 4) is 0 Å². The molecule has 0 aromatic heterocycles. The zero-order valence-corrected chi connectivity index (χ0v) is 6.63. The van der Waals surface area contributed by atoms with Crippen molar-refractivity contribution < 1.29 is 31.1 Å². The Labute approximate surface area is 74.7 Å². The molecule has 0 amide bonds. The van der Waals surface area contributed by atoms with Crippen molar-refractivity contribution in [3.05, 3.63) is 0 Å². The predicted molar refractivity (Wildman–Crippen MR) is 41.5 cm³/mol. The van der Waals surface area contributed by atoms with Crippen LogP contribution in [0.1, 0.15) is 1.43 Å². The maximum Gasteiger partial charge on any atom is 0.317 e. The van der Waals surface area contributed by atoms with Gasteiger partial charge in [0.25, 0.3) is 0 Å². The highest BCUT2D eigenvalue weighted by atomic mass is 16.4. The second-order valence-electron chi connectivity index (χ2n) is 2.33. The molecular formula is C6H11NO6. The van der Waals surface area contributed by atoms with Crippen molar-refractivity contribution >= 4 is 17.9 Å². The van der Waals surface area contributed by atoms with Gasteiger partial charge in [0, 0.05) is 1.43 Å². The summed E-state index contributed by atoms with van der Waals surface area (Å²) < 4.78 is 0. The van der Waals surface area contributed by atoms with E-state index in [2.05, 4.69) is 0 Å². The van der Waals surface area contributed by atoms with Crippen LogP contribution in [0.3, 0.4) is 0 Å². The maximum atomic E-state index is 10.1. The van der Waals surface area contributed by atoms with E-state index in [1.54, 1.807) is 0 Å². The van der Waals surface area contributed by atoms with Gasteiger partial charge in [-0.25, -0.2) is 0 Å². The lowest BCUT2D eigenvalue weighted by molar-refractivity contribution is -0.144. The molecule has 7 heteroatoms. The first-order valence-corrected chi connectivity index (χ1v) is 3.29. The molecule has 7 nitrogen and oxygen atoms in total. The topological polar surface area (TPSA) is 115 Å². The highest BCUT2D eigenvalue weighted by molar-refractivity contribution is 5.75. The van der Waals surface area contributed by atoms with Gasteiger partial charge in [-0.1, -0.05) is 0 Å². The normalized spacial score (nSPS) is 9.92. The number of aliphatic carboxylic acids is 3. The molecule has 0 saturated heterocycles.